The predicted octanol–water partition coefficient (Wildman–Crippen LogP) is 3.95. The summed E-state index contributed by atoms with van der Waals surface area (Å²) < 4.78 is 0.832. The Bertz CT molecular complexity index is 661. The van der Waals surface area contributed by atoms with E-state index in [2.05, 4.69) is 26.7 Å². The van der Waals surface area contributed by atoms with Gasteiger partial charge >= 0.3 is 0 Å². The number of halogens is 2. The van der Waals surface area contributed by atoms with Gasteiger partial charge in [-0.3, -0.25) is 10.6 Å². The second-order valence-electron chi connectivity index (χ2n) is 4.27. The maximum absolute atomic E-state index is 12.3. The number of anilines is 2. The summed E-state index contributed by atoms with van der Waals surface area (Å²) in [4.78, 5) is 12.3. The van der Waals surface area contributed by atoms with Gasteiger partial charge in [0.15, 0.2) is 0 Å². The lowest BCUT2D eigenvalue weighted by Crippen LogP contribution is -2.17. The topological polar surface area (TPSA) is 67.2 Å². The Labute approximate surface area is 130 Å². The number of hydrogen-bond acceptors (Lipinski definition) is 3. The fourth-order valence-corrected chi connectivity index (χ4v) is 2.28. The van der Waals surface area contributed by atoms with E-state index in [0.717, 1.165) is 10.0 Å². The number of carbonyl (C=O) groups excluding carboxylic acids is 1. The van der Waals surface area contributed by atoms with Crippen LogP contribution in [0.2, 0.25) is 5.02 Å². The molecule has 4 nitrogen and oxygen atoms in total. The number of nitrogens with one attached hydrogen (secondary N) is 2. The largest absolute Gasteiger partial charge is 0.323 e. The minimum Gasteiger partial charge on any atom is -0.323 e. The van der Waals surface area contributed by atoms with Gasteiger partial charge in [-0.05, 0) is 42.8 Å². The molecule has 1 amide bonds. The SMILES string of the molecule is Cc1ccc(C(=O)Nc2cc(Br)ccc2Cl)c(NN)c1. The molecular formula is C14H13BrClN3O. The van der Waals surface area contributed by atoms with E-state index in [1.54, 1.807) is 30.3 Å². The van der Waals surface area contributed by atoms with Crippen LogP contribution in [-0.4, -0.2) is 5.91 Å². The summed E-state index contributed by atoms with van der Waals surface area (Å²) in [6, 6.07) is 10.6. The van der Waals surface area contributed by atoms with Crippen molar-refractivity contribution in [2.45, 2.75) is 6.92 Å². The molecule has 0 atom stereocenters. The first kappa shape index (κ1) is 14.8. The number of nitrogen functional groups attached to an aromatic ring is 1. The number of amides is 1. The number of hydrazine groups is 1. The smallest absolute Gasteiger partial charge is 0.257 e. The maximum atomic E-state index is 12.3. The highest BCUT2D eigenvalue weighted by Gasteiger charge is 2.13. The number of rotatable bonds is 3. The monoisotopic (exact) mass is 353 g/mol. The molecule has 0 fully saturated rings. The average Bonchev–Trinajstić information content (AvgIpc) is 2.42. The molecule has 20 heavy (non-hydrogen) atoms. The number of carbonyl (C=O) groups is 1. The average molecular weight is 355 g/mol. The van der Waals surface area contributed by atoms with Gasteiger partial charge in [-0.2, -0.15) is 0 Å². The molecule has 6 heteroatoms. The number of benzene rings is 2. The van der Waals surface area contributed by atoms with Crippen LogP contribution >= 0.6 is 27.5 Å². The van der Waals surface area contributed by atoms with E-state index in [1.165, 1.54) is 0 Å². The molecule has 0 aliphatic rings. The normalized spacial score (nSPS) is 10.2. The van der Waals surface area contributed by atoms with Crippen molar-refractivity contribution in [3.8, 4) is 0 Å². The van der Waals surface area contributed by atoms with Gasteiger partial charge in [-0.25, -0.2) is 0 Å². The second kappa shape index (κ2) is 6.26. The van der Waals surface area contributed by atoms with Crippen LogP contribution in [0.25, 0.3) is 0 Å². The van der Waals surface area contributed by atoms with Crippen molar-refractivity contribution in [1.29, 1.82) is 0 Å². The lowest BCUT2D eigenvalue weighted by molar-refractivity contribution is 0.102. The minimum atomic E-state index is -0.280. The lowest BCUT2D eigenvalue weighted by atomic mass is 10.1. The van der Waals surface area contributed by atoms with Crippen molar-refractivity contribution >= 4 is 44.8 Å². The van der Waals surface area contributed by atoms with Gasteiger partial charge < -0.3 is 10.7 Å². The van der Waals surface area contributed by atoms with Crippen LogP contribution in [0.1, 0.15) is 15.9 Å². The highest BCUT2D eigenvalue weighted by atomic mass is 79.9. The maximum Gasteiger partial charge on any atom is 0.257 e. The zero-order chi connectivity index (χ0) is 14.7. The first-order valence-corrected chi connectivity index (χ1v) is 7.02. The third-order valence-corrected chi connectivity index (χ3v) is 3.57. The molecule has 0 aliphatic carbocycles. The molecule has 0 spiro atoms. The van der Waals surface area contributed by atoms with Gasteiger partial charge in [0.25, 0.3) is 5.91 Å². The first-order valence-electron chi connectivity index (χ1n) is 5.85. The van der Waals surface area contributed by atoms with Crippen molar-refractivity contribution in [2.24, 2.45) is 5.84 Å². The van der Waals surface area contributed by atoms with Gasteiger partial charge in [0.1, 0.15) is 0 Å². The molecule has 0 bridgehead atoms. The van der Waals surface area contributed by atoms with Crippen LogP contribution in [0.4, 0.5) is 11.4 Å². The molecule has 0 saturated carbocycles. The molecule has 0 aromatic heterocycles. The summed E-state index contributed by atoms with van der Waals surface area (Å²) in [5.41, 5.74) is 5.09. The van der Waals surface area contributed by atoms with Gasteiger partial charge in [-0.15, -0.1) is 0 Å². The van der Waals surface area contributed by atoms with Crippen molar-refractivity contribution in [2.75, 3.05) is 10.7 Å². The van der Waals surface area contributed by atoms with Gasteiger partial charge in [0.2, 0.25) is 0 Å². The lowest BCUT2D eigenvalue weighted by Gasteiger charge is -2.11. The minimum absolute atomic E-state index is 0.280. The molecule has 2 aromatic carbocycles. The third-order valence-electron chi connectivity index (χ3n) is 2.75. The van der Waals surface area contributed by atoms with Crippen molar-refractivity contribution in [3.63, 3.8) is 0 Å². The summed E-state index contributed by atoms with van der Waals surface area (Å²) in [5, 5.41) is 3.23. The van der Waals surface area contributed by atoms with E-state index in [-0.39, 0.29) is 5.91 Å². The van der Waals surface area contributed by atoms with Gasteiger partial charge in [0.05, 0.1) is 22.0 Å². The van der Waals surface area contributed by atoms with Crippen molar-refractivity contribution in [3.05, 3.63) is 57.0 Å². The molecule has 0 saturated heterocycles. The Kier molecular flexibility index (Phi) is 4.65. The summed E-state index contributed by atoms with van der Waals surface area (Å²) in [6.07, 6.45) is 0. The first-order chi connectivity index (χ1) is 9.51. The molecule has 0 aliphatic heterocycles. The van der Waals surface area contributed by atoms with E-state index in [0.29, 0.717) is 22.0 Å². The predicted molar refractivity (Wildman–Crippen MR) is 86.1 cm³/mol. The van der Waals surface area contributed by atoms with Crippen LogP contribution in [0.3, 0.4) is 0 Å². The van der Waals surface area contributed by atoms with Crippen molar-refractivity contribution < 1.29 is 4.79 Å². The Morgan fingerprint density at radius 1 is 1.20 bits per heavy atom. The van der Waals surface area contributed by atoms with E-state index >= 15 is 0 Å². The van der Waals surface area contributed by atoms with Crippen LogP contribution in [0, 0.1) is 6.92 Å². The Hall–Kier alpha value is -1.56. The van der Waals surface area contributed by atoms with Crippen LogP contribution in [0.15, 0.2) is 40.9 Å². The standard InChI is InChI=1S/C14H13BrClN3O/c1-8-2-4-10(12(6-8)19-17)14(20)18-13-7-9(15)3-5-11(13)16/h2-7,19H,17H2,1H3,(H,18,20). The van der Waals surface area contributed by atoms with Crippen molar-refractivity contribution in [1.82, 2.24) is 0 Å². The number of aryl methyl sites for hydroxylation is 1. The molecule has 4 N–H and O–H groups in total. The molecule has 104 valence electrons. The fraction of sp³-hybridized carbons (Fsp3) is 0.0714. The van der Waals surface area contributed by atoms with Crippen LogP contribution in [-0.2, 0) is 0 Å². The van der Waals surface area contributed by atoms with E-state index in [9.17, 15) is 4.79 Å². The number of nitrogens with two attached hydrogens (primary N) is 1. The molecule has 0 heterocycles. The van der Waals surface area contributed by atoms with Crippen LogP contribution in [0.5, 0.6) is 0 Å². The molecule has 0 radical (unpaired) electrons. The van der Waals surface area contributed by atoms with Gasteiger partial charge in [-0.1, -0.05) is 33.6 Å². The Balaban J connectivity index is 2.30. The Morgan fingerprint density at radius 2 is 1.95 bits per heavy atom. The second-order valence-corrected chi connectivity index (χ2v) is 5.59. The summed E-state index contributed by atoms with van der Waals surface area (Å²) in [7, 11) is 0. The van der Waals surface area contributed by atoms with E-state index in [1.807, 2.05) is 13.0 Å². The molecular weight excluding hydrogens is 342 g/mol. The Morgan fingerprint density at radius 3 is 2.65 bits per heavy atom. The highest BCUT2D eigenvalue weighted by Crippen LogP contribution is 2.27. The summed E-state index contributed by atoms with van der Waals surface area (Å²) in [6.45, 7) is 1.92. The third kappa shape index (κ3) is 3.30. The highest BCUT2D eigenvalue weighted by molar-refractivity contribution is 9.10. The molecule has 2 aromatic rings. The zero-order valence-electron chi connectivity index (χ0n) is 10.7. The quantitative estimate of drug-likeness (QED) is 0.577. The van der Waals surface area contributed by atoms with E-state index < -0.39 is 0 Å². The zero-order valence-corrected chi connectivity index (χ0v) is 13.0. The van der Waals surface area contributed by atoms with Crippen LogP contribution < -0.4 is 16.6 Å². The fourth-order valence-electron chi connectivity index (χ4n) is 1.76. The summed E-state index contributed by atoms with van der Waals surface area (Å²) in [5.74, 6) is 5.16. The molecule has 0 unspecified atom stereocenters. The molecule has 2 rings (SSSR count). The van der Waals surface area contributed by atoms with Gasteiger partial charge in [0, 0.05) is 4.47 Å². The number of hydrogen-bond donors (Lipinski definition) is 3. The summed E-state index contributed by atoms with van der Waals surface area (Å²) >= 11 is 9.39. The van der Waals surface area contributed by atoms with E-state index in [4.69, 9.17) is 17.4 Å².